The van der Waals surface area contributed by atoms with E-state index in [-0.39, 0.29) is 18.8 Å². The molecule has 3 heterocycles. The van der Waals surface area contributed by atoms with Crippen molar-refractivity contribution in [2.75, 3.05) is 18.9 Å². The predicted molar refractivity (Wildman–Crippen MR) is 66.2 cm³/mol. The Balaban J connectivity index is 1.88. The van der Waals surface area contributed by atoms with E-state index in [1.165, 1.54) is 6.33 Å². The van der Waals surface area contributed by atoms with E-state index in [1.807, 2.05) is 4.57 Å². The molecule has 2 aromatic rings. The van der Waals surface area contributed by atoms with Gasteiger partial charge in [0.2, 0.25) is 0 Å². The molecule has 1 aliphatic rings. The summed E-state index contributed by atoms with van der Waals surface area (Å²) in [4.78, 5) is 12.3. The highest BCUT2D eigenvalue weighted by atomic mass is 16.5. The normalized spacial score (nSPS) is 24.9. The highest BCUT2D eigenvalue weighted by molar-refractivity contribution is 5.81. The van der Waals surface area contributed by atoms with E-state index in [2.05, 4.69) is 15.0 Å². The molecule has 1 aliphatic heterocycles. The monoisotopic (exact) mass is 265 g/mol. The lowest BCUT2D eigenvalue weighted by Gasteiger charge is -2.14. The van der Waals surface area contributed by atoms with Crippen molar-refractivity contribution >= 4 is 17.0 Å². The lowest BCUT2D eigenvalue weighted by atomic mass is 10.1. The van der Waals surface area contributed by atoms with Gasteiger partial charge < -0.3 is 25.3 Å². The lowest BCUT2D eigenvalue weighted by Crippen LogP contribution is -2.28. The number of hydrogen-bond acceptors (Lipinski definition) is 7. The molecule has 4 N–H and O–H groups in total. The number of hydrogen-bond donors (Lipinski definition) is 3. The van der Waals surface area contributed by atoms with E-state index in [0.29, 0.717) is 30.0 Å². The summed E-state index contributed by atoms with van der Waals surface area (Å²) < 4.78 is 7.36. The van der Waals surface area contributed by atoms with Gasteiger partial charge in [-0.3, -0.25) is 0 Å². The molecular weight excluding hydrogens is 250 g/mol. The minimum atomic E-state index is -0.862. The van der Waals surface area contributed by atoms with Gasteiger partial charge in [-0.25, -0.2) is 15.0 Å². The molecule has 19 heavy (non-hydrogen) atoms. The Morgan fingerprint density at radius 1 is 1.47 bits per heavy atom. The van der Waals surface area contributed by atoms with Gasteiger partial charge in [-0.1, -0.05) is 0 Å². The maximum Gasteiger partial charge on any atom is 0.165 e. The number of imidazole rings is 1. The molecule has 8 nitrogen and oxygen atoms in total. The summed E-state index contributed by atoms with van der Waals surface area (Å²) in [7, 11) is 0. The largest absolute Gasteiger partial charge is 0.394 e. The molecule has 0 spiro atoms. The fourth-order valence-corrected chi connectivity index (χ4v) is 2.36. The summed E-state index contributed by atoms with van der Waals surface area (Å²) in [5, 5.41) is 18.5. The first-order valence-electron chi connectivity index (χ1n) is 6.04. The van der Waals surface area contributed by atoms with Crippen LogP contribution in [0.4, 0.5) is 5.82 Å². The van der Waals surface area contributed by atoms with E-state index in [9.17, 15) is 5.11 Å². The Kier molecular flexibility index (Phi) is 3.05. The molecule has 102 valence electrons. The summed E-state index contributed by atoms with van der Waals surface area (Å²) in [6, 6.07) is 0.0190. The van der Waals surface area contributed by atoms with Crippen LogP contribution in [-0.2, 0) is 4.74 Å². The summed E-state index contributed by atoms with van der Waals surface area (Å²) in [5.41, 5.74) is 6.95. The number of rotatable bonds is 3. The summed E-state index contributed by atoms with van der Waals surface area (Å²) in [5.74, 6) is 0.342. The van der Waals surface area contributed by atoms with Crippen LogP contribution in [-0.4, -0.2) is 55.2 Å². The van der Waals surface area contributed by atoms with Crippen molar-refractivity contribution in [1.82, 2.24) is 19.5 Å². The number of ether oxygens (including phenoxy) is 1. The highest BCUT2D eigenvalue weighted by Crippen LogP contribution is 2.29. The number of aromatic nitrogens is 4. The quantitative estimate of drug-likeness (QED) is 0.657. The molecule has 3 rings (SSSR count). The van der Waals surface area contributed by atoms with Gasteiger partial charge in [0.05, 0.1) is 31.7 Å². The maximum absolute atomic E-state index is 9.58. The van der Waals surface area contributed by atoms with Crippen LogP contribution in [0.1, 0.15) is 12.5 Å². The zero-order chi connectivity index (χ0) is 13.4. The average molecular weight is 265 g/mol. The second kappa shape index (κ2) is 4.72. The molecule has 0 radical (unpaired) electrons. The summed E-state index contributed by atoms with van der Waals surface area (Å²) in [6.07, 6.45) is 2.41. The third-order valence-electron chi connectivity index (χ3n) is 3.40. The van der Waals surface area contributed by atoms with Crippen molar-refractivity contribution in [2.45, 2.75) is 24.7 Å². The Bertz CT molecular complexity index is 587. The number of nitrogen functional groups attached to an aromatic ring is 1. The third-order valence-corrected chi connectivity index (χ3v) is 3.40. The van der Waals surface area contributed by atoms with Crippen LogP contribution in [0.2, 0.25) is 0 Å². The van der Waals surface area contributed by atoms with Crippen LogP contribution in [0, 0.1) is 0 Å². The van der Waals surface area contributed by atoms with E-state index in [1.54, 1.807) is 6.33 Å². The second-order valence-electron chi connectivity index (χ2n) is 4.59. The zero-order valence-corrected chi connectivity index (χ0v) is 10.2. The maximum atomic E-state index is 9.58. The summed E-state index contributed by atoms with van der Waals surface area (Å²) in [6.45, 7) is 0.133. The topological polar surface area (TPSA) is 119 Å². The Hall–Kier alpha value is -1.77. The fraction of sp³-hybridized carbons (Fsp3) is 0.545. The van der Waals surface area contributed by atoms with Crippen molar-refractivity contribution < 1.29 is 14.9 Å². The van der Waals surface area contributed by atoms with Gasteiger partial charge in [-0.15, -0.1) is 0 Å². The third kappa shape index (κ3) is 2.03. The molecule has 0 saturated carbocycles. The molecule has 1 fully saturated rings. The van der Waals surface area contributed by atoms with Gasteiger partial charge in [-0.2, -0.15) is 0 Å². The molecule has 0 unspecified atom stereocenters. The molecule has 2 aromatic heterocycles. The van der Waals surface area contributed by atoms with Gasteiger partial charge in [0, 0.05) is 0 Å². The van der Waals surface area contributed by atoms with Crippen molar-refractivity contribution in [3.05, 3.63) is 12.7 Å². The number of fused-ring (bicyclic) bond motifs is 1. The number of nitrogens with zero attached hydrogens (tertiary/aromatic N) is 4. The first kappa shape index (κ1) is 12.3. The predicted octanol–water partition coefficient (Wildman–Crippen LogP) is -0.908. The van der Waals surface area contributed by atoms with Gasteiger partial charge >= 0.3 is 0 Å². The Morgan fingerprint density at radius 2 is 2.32 bits per heavy atom. The van der Waals surface area contributed by atoms with Gasteiger partial charge in [0.15, 0.2) is 11.5 Å². The smallest absolute Gasteiger partial charge is 0.165 e. The molecule has 0 amide bonds. The van der Waals surface area contributed by atoms with Crippen LogP contribution in [0.3, 0.4) is 0 Å². The molecule has 8 heteroatoms. The Morgan fingerprint density at radius 3 is 3.11 bits per heavy atom. The fourth-order valence-electron chi connectivity index (χ4n) is 2.36. The first-order valence-corrected chi connectivity index (χ1v) is 6.04. The lowest BCUT2D eigenvalue weighted by molar-refractivity contribution is -0.0284. The van der Waals surface area contributed by atoms with Crippen molar-refractivity contribution in [3.8, 4) is 0 Å². The standard InChI is InChI=1S/C11H15N5O3/c12-10-9-11(14-4-13-10)16(5-15-9)6-1-8(19-3-6)7(18)2-17/h4-8,17-18H,1-3H2,(H2,12,13,14)/t6-,7+,8-/m0/s1. The average Bonchev–Trinajstić information content (AvgIpc) is 3.04. The van der Waals surface area contributed by atoms with Crippen molar-refractivity contribution in [2.24, 2.45) is 0 Å². The number of nitrogens with two attached hydrogens (primary N) is 1. The van der Waals surface area contributed by atoms with E-state index in [4.69, 9.17) is 15.6 Å². The minimum Gasteiger partial charge on any atom is -0.394 e. The van der Waals surface area contributed by atoms with Crippen LogP contribution in [0.25, 0.3) is 11.2 Å². The molecule has 0 aromatic carbocycles. The Labute approximate surface area is 108 Å². The summed E-state index contributed by atoms with van der Waals surface area (Å²) >= 11 is 0. The van der Waals surface area contributed by atoms with Gasteiger partial charge in [-0.05, 0) is 6.42 Å². The minimum absolute atomic E-state index is 0.0190. The molecular formula is C11H15N5O3. The van der Waals surface area contributed by atoms with E-state index >= 15 is 0 Å². The molecule has 3 atom stereocenters. The van der Waals surface area contributed by atoms with Crippen LogP contribution < -0.4 is 5.73 Å². The highest BCUT2D eigenvalue weighted by Gasteiger charge is 2.32. The van der Waals surface area contributed by atoms with Crippen LogP contribution in [0.15, 0.2) is 12.7 Å². The SMILES string of the molecule is Nc1ncnc2c1ncn2[C@@H]1CO[C@H]([C@H](O)CO)C1. The van der Waals surface area contributed by atoms with Gasteiger partial charge in [0.1, 0.15) is 17.9 Å². The van der Waals surface area contributed by atoms with E-state index in [0.717, 1.165) is 0 Å². The number of anilines is 1. The number of aliphatic hydroxyl groups is 2. The second-order valence-corrected chi connectivity index (χ2v) is 4.59. The molecule has 1 saturated heterocycles. The van der Waals surface area contributed by atoms with E-state index < -0.39 is 6.10 Å². The van der Waals surface area contributed by atoms with Crippen LogP contribution in [0.5, 0.6) is 0 Å². The van der Waals surface area contributed by atoms with Crippen LogP contribution >= 0.6 is 0 Å². The molecule has 0 bridgehead atoms. The van der Waals surface area contributed by atoms with Crippen molar-refractivity contribution in [3.63, 3.8) is 0 Å². The van der Waals surface area contributed by atoms with Crippen molar-refractivity contribution in [1.29, 1.82) is 0 Å². The zero-order valence-electron chi connectivity index (χ0n) is 10.2. The number of aliphatic hydroxyl groups excluding tert-OH is 2. The first-order chi connectivity index (χ1) is 9.20. The van der Waals surface area contributed by atoms with Gasteiger partial charge in [0.25, 0.3) is 0 Å². The molecule has 0 aliphatic carbocycles.